The van der Waals surface area contributed by atoms with Crippen molar-refractivity contribution in [3.63, 3.8) is 0 Å². The highest BCUT2D eigenvalue weighted by molar-refractivity contribution is 5.95. The standard InChI is InChI=1S/C26H32N4O6/c1-4-36-22-14-17(8-9-21(22)31)24-23(25(32)35-3)20(27-26(33)28-24)16-29-10-12-30(13-11-29)18-6-5-7-19(15-18)34-2/h5-9,14-15,24,31H,4,10-13,16H2,1-3H3,(H2,27,28,33)/t24-/m0/s1. The van der Waals surface area contributed by atoms with Gasteiger partial charge in [0.05, 0.1) is 32.4 Å². The Morgan fingerprint density at radius 3 is 2.58 bits per heavy atom. The predicted molar refractivity (Wildman–Crippen MR) is 134 cm³/mol. The molecule has 192 valence electrons. The van der Waals surface area contributed by atoms with Crippen molar-refractivity contribution in [1.29, 1.82) is 0 Å². The lowest BCUT2D eigenvalue weighted by Crippen LogP contribution is -2.51. The van der Waals surface area contributed by atoms with Gasteiger partial charge in [-0.05, 0) is 36.8 Å². The zero-order valence-corrected chi connectivity index (χ0v) is 20.7. The smallest absolute Gasteiger partial charge is 0.338 e. The van der Waals surface area contributed by atoms with Crippen LogP contribution in [0.1, 0.15) is 18.5 Å². The van der Waals surface area contributed by atoms with Crippen LogP contribution >= 0.6 is 0 Å². The van der Waals surface area contributed by atoms with Gasteiger partial charge in [-0.15, -0.1) is 0 Å². The molecule has 0 bridgehead atoms. The van der Waals surface area contributed by atoms with Crippen LogP contribution in [0.2, 0.25) is 0 Å². The Labute approximate surface area is 210 Å². The summed E-state index contributed by atoms with van der Waals surface area (Å²) in [5.74, 6) is 0.539. The lowest BCUT2D eigenvalue weighted by Gasteiger charge is -2.38. The maximum absolute atomic E-state index is 12.9. The van der Waals surface area contributed by atoms with Gasteiger partial charge in [-0.1, -0.05) is 12.1 Å². The van der Waals surface area contributed by atoms with Crippen LogP contribution in [0.15, 0.2) is 53.7 Å². The molecule has 0 aliphatic carbocycles. The zero-order valence-electron chi connectivity index (χ0n) is 20.7. The number of rotatable bonds is 8. The molecule has 36 heavy (non-hydrogen) atoms. The molecule has 2 aliphatic heterocycles. The van der Waals surface area contributed by atoms with E-state index in [0.717, 1.165) is 37.6 Å². The average Bonchev–Trinajstić information content (AvgIpc) is 2.90. The summed E-state index contributed by atoms with van der Waals surface area (Å²) in [5, 5.41) is 15.7. The molecule has 0 aromatic heterocycles. The first-order valence-corrected chi connectivity index (χ1v) is 11.9. The Kier molecular flexibility index (Phi) is 7.84. The summed E-state index contributed by atoms with van der Waals surface area (Å²) in [6, 6.07) is 11.6. The lowest BCUT2D eigenvalue weighted by atomic mass is 9.94. The SMILES string of the molecule is CCOc1cc([C@@H]2NC(=O)NC(CN3CCN(c4cccc(OC)c4)CC3)=C2C(=O)OC)ccc1O. The number of esters is 1. The van der Waals surface area contributed by atoms with Gasteiger partial charge >= 0.3 is 12.0 Å². The van der Waals surface area contributed by atoms with Gasteiger partial charge in [0.1, 0.15) is 5.75 Å². The summed E-state index contributed by atoms with van der Waals surface area (Å²) >= 11 is 0. The number of piperazine rings is 1. The third-order valence-electron chi connectivity index (χ3n) is 6.35. The first-order valence-electron chi connectivity index (χ1n) is 11.9. The van der Waals surface area contributed by atoms with Gasteiger partial charge in [0.2, 0.25) is 0 Å². The van der Waals surface area contributed by atoms with Gasteiger partial charge in [-0.25, -0.2) is 9.59 Å². The number of benzene rings is 2. The van der Waals surface area contributed by atoms with Crippen molar-refractivity contribution in [3.8, 4) is 17.2 Å². The zero-order chi connectivity index (χ0) is 25.7. The van der Waals surface area contributed by atoms with Crippen LogP contribution in [0.25, 0.3) is 0 Å². The van der Waals surface area contributed by atoms with E-state index in [9.17, 15) is 14.7 Å². The molecule has 4 rings (SSSR count). The van der Waals surface area contributed by atoms with Crippen molar-refractivity contribution in [2.45, 2.75) is 13.0 Å². The average molecular weight is 497 g/mol. The number of phenolic OH excluding ortho intramolecular Hbond substituents is 1. The number of ether oxygens (including phenoxy) is 3. The van der Waals surface area contributed by atoms with E-state index in [1.807, 2.05) is 25.1 Å². The minimum Gasteiger partial charge on any atom is -0.504 e. The Bertz CT molecular complexity index is 1140. The van der Waals surface area contributed by atoms with E-state index < -0.39 is 18.0 Å². The maximum Gasteiger partial charge on any atom is 0.338 e. The van der Waals surface area contributed by atoms with Crippen LogP contribution in [0.3, 0.4) is 0 Å². The maximum atomic E-state index is 12.9. The fourth-order valence-electron chi connectivity index (χ4n) is 4.52. The molecule has 3 N–H and O–H groups in total. The van der Waals surface area contributed by atoms with Crippen LogP contribution in [-0.4, -0.2) is 75.6 Å². The Morgan fingerprint density at radius 1 is 1.11 bits per heavy atom. The quantitative estimate of drug-likeness (QED) is 0.478. The van der Waals surface area contributed by atoms with E-state index in [2.05, 4.69) is 26.5 Å². The molecule has 10 nitrogen and oxygen atoms in total. The van der Waals surface area contributed by atoms with E-state index in [4.69, 9.17) is 14.2 Å². The molecule has 1 saturated heterocycles. The van der Waals surface area contributed by atoms with E-state index in [1.54, 1.807) is 19.2 Å². The Balaban J connectivity index is 1.56. The van der Waals surface area contributed by atoms with Crippen molar-refractivity contribution >= 4 is 17.7 Å². The highest BCUT2D eigenvalue weighted by Crippen LogP contribution is 2.34. The van der Waals surface area contributed by atoms with Gasteiger partial charge in [-0.3, -0.25) is 4.90 Å². The van der Waals surface area contributed by atoms with Gasteiger partial charge in [0.15, 0.2) is 11.5 Å². The Hall–Kier alpha value is -3.92. The van der Waals surface area contributed by atoms with Crippen LogP contribution in [0.4, 0.5) is 10.5 Å². The normalized spacial score (nSPS) is 18.4. The second-order valence-electron chi connectivity index (χ2n) is 8.54. The molecule has 2 amide bonds. The summed E-state index contributed by atoms with van der Waals surface area (Å²) < 4.78 is 15.9. The monoisotopic (exact) mass is 496 g/mol. The largest absolute Gasteiger partial charge is 0.504 e. The number of nitrogens with zero attached hydrogens (tertiary/aromatic N) is 2. The van der Waals surface area contributed by atoms with Gasteiger partial charge in [0.25, 0.3) is 0 Å². The van der Waals surface area contributed by atoms with Gasteiger partial charge in [-0.2, -0.15) is 0 Å². The summed E-state index contributed by atoms with van der Waals surface area (Å²) in [7, 11) is 2.97. The van der Waals surface area contributed by atoms with Crippen molar-refractivity contribution in [2.24, 2.45) is 0 Å². The third kappa shape index (κ3) is 5.49. The molecule has 0 unspecified atom stereocenters. The van der Waals surface area contributed by atoms with E-state index in [-0.39, 0.29) is 11.5 Å². The number of hydrogen-bond acceptors (Lipinski definition) is 8. The third-order valence-corrected chi connectivity index (χ3v) is 6.35. The first-order chi connectivity index (χ1) is 17.4. The highest BCUT2D eigenvalue weighted by atomic mass is 16.5. The van der Waals surface area contributed by atoms with Crippen molar-refractivity contribution < 1.29 is 28.9 Å². The lowest BCUT2D eigenvalue weighted by molar-refractivity contribution is -0.136. The molecule has 0 radical (unpaired) electrons. The summed E-state index contributed by atoms with van der Waals surface area (Å²) in [6.45, 7) is 5.63. The number of methoxy groups -OCH3 is 2. The Morgan fingerprint density at radius 2 is 1.89 bits per heavy atom. The van der Waals surface area contributed by atoms with E-state index in [1.165, 1.54) is 13.2 Å². The number of urea groups is 1. The second kappa shape index (κ2) is 11.2. The first kappa shape index (κ1) is 25.2. The molecule has 2 heterocycles. The molecule has 2 aromatic carbocycles. The summed E-state index contributed by atoms with van der Waals surface area (Å²) in [5.41, 5.74) is 2.51. The number of nitrogens with one attached hydrogen (secondary N) is 2. The summed E-state index contributed by atoms with van der Waals surface area (Å²) in [4.78, 5) is 30.0. The number of phenols is 1. The molecule has 10 heteroatoms. The topological polar surface area (TPSA) is 113 Å². The van der Waals surface area contributed by atoms with Crippen molar-refractivity contribution in [3.05, 3.63) is 59.3 Å². The van der Waals surface area contributed by atoms with Gasteiger partial charge < -0.3 is 34.9 Å². The number of anilines is 1. The molecule has 2 aliphatic rings. The molecule has 2 aromatic rings. The molecular formula is C26H32N4O6. The van der Waals surface area contributed by atoms with Crippen LogP contribution in [-0.2, 0) is 9.53 Å². The number of amides is 2. The molecule has 0 saturated carbocycles. The van der Waals surface area contributed by atoms with E-state index in [0.29, 0.717) is 30.0 Å². The number of hydrogen-bond donors (Lipinski definition) is 3. The fraction of sp³-hybridized carbons (Fsp3) is 0.385. The van der Waals surface area contributed by atoms with Crippen LogP contribution in [0, 0.1) is 0 Å². The van der Waals surface area contributed by atoms with E-state index >= 15 is 0 Å². The van der Waals surface area contributed by atoms with Gasteiger partial charge in [0, 0.05) is 50.2 Å². The molecule has 1 fully saturated rings. The molecular weight excluding hydrogens is 464 g/mol. The molecule has 0 spiro atoms. The number of aromatic hydroxyl groups is 1. The minimum atomic E-state index is -0.751. The van der Waals surface area contributed by atoms with Crippen LogP contribution in [0.5, 0.6) is 17.2 Å². The van der Waals surface area contributed by atoms with Crippen molar-refractivity contribution in [1.82, 2.24) is 15.5 Å². The number of carbonyl (C=O) groups is 2. The highest BCUT2D eigenvalue weighted by Gasteiger charge is 2.35. The number of carbonyl (C=O) groups excluding carboxylic acids is 2. The minimum absolute atomic E-state index is 0.0152. The predicted octanol–water partition coefficient (Wildman–Crippen LogP) is 2.40. The molecule has 1 atom stereocenters. The van der Waals surface area contributed by atoms with Crippen LogP contribution < -0.4 is 25.0 Å². The van der Waals surface area contributed by atoms with Crippen molar-refractivity contribution in [2.75, 3.05) is 58.5 Å². The second-order valence-corrected chi connectivity index (χ2v) is 8.54. The fourth-order valence-corrected chi connectivity index (χ4v) is 4.52. The summed E-state index contributed by atoms with van der Waals surface area (Å²) in [6.07, 6.45) is 0.